The topological polar surface area (TPSA) is 9.23 Å². The van der Waals surface area contributed by atoms with Crippen LogP contribution in [0.25, 0.3) is 0 Å². The highest BCUT2D eigenvalue weighted by molar-refractivity contribution is 5.17. The van der Waals surface area contributed by atoms with Crippen LogP contribution in [0.4, 0.5) is 8.78 Å². The Balaban J connectivity index is 2.75. The Labute approximate surface area is 70.0 Å². The first kappa shape index (κ1) is 9.13. The molecule has 0 aliphatic carbocycles. The van der Waals surface area contributed by atoms with Crippen molar-refractivity contribution in [2.75, 3.05) is 6.61 Å². The minimum atomic E-state index is -0.439. The molecule has 0 amide bonds. The Morgan fingerprint density at radius 1 is 1.33 bits per heavy atom. The van der Waals surface area contributed by atoms with E-state index in [9.17, 15) is 8.78 Å². The zero-order valence-corrected chi connectivity index (χ0v) is 6.81. The van der Waals surface area contributed by atoms with Crippen LogP contribution in [0.3, 0.4) is 0 Å². The summed E-state index contributed by atoms with van der Waals surface area (Å²) in [6.07, 6.45) is 0. The lowest BCUT2D eigenvalue weighted by atomic mass is 10.2. The Kier molecular flexibility index (Phi) is 3.17. The van der Waals surface area contributed by atoms with E-state index < -0.39 is 11.6 Å². The maximum atomic E-state index is 12.8. The first-order valence-electron chi connectivity index (χ1n) is 3.75. The van der Waals surface area contributed by atoms with Crippen LogP contribution >= 0.6 is 0 Å². The average molecular weight is 172 g/mol. The first-order valence-corrected chi connectivity index (χ1v) is 3.75. The van der Waals surface area contributed by atoms with Gasteiger partial charge in [-0.25, -0.2) is 8.78 Å². The fourth-order valence-corrected chi connectivity index (χ4v) is 0.866. The maximum Gasteiger partial charge on any atom is 0.128 e. The Bertz CT molecular complexity index is 261. The van der Waals surface area contributed by atoms with Gasteiger partial charge in [-0.05, 0) is 25.1 Å². The van der Waals surface area contributed by atoms with E-state index in [-0.39, 0.29) is 12.2 Å². The number of hydrogen-bond donors (Lipinski definition) is 0. The second kappa shape index (κ2) is 4.16. The summed E-state index contributed by atoms with van der Waals surface area (Å²) in [5.41, 5.74) is 0.261. The molecule has 0 atom stereocenters. The Hall–Kier alpha value is -0.960. The van der Waals surface area contributed by atoms with Crippen LogP contribution in [0.1, 0.15) is 12.5 Å². The number of ether oxygens (including phenoxy) is 1. The summed E-state index contributed by atoms with van der Waals surface area (Å²) in [7, 11) is 0. The minimum absolute atomic E-state index is 0.125. The molecular weight excluding hydrogens is 162 g/mol. The van der Waals surface area contributed by atoms with Crippen LogP contribution in [-0.4, -0.2) is 6.61 Å². The number of halogens is 2. The number of rotatable bonds is 3. The van der Waals surface area contributed by atoms with E-state index in [4.69, 9.17) is 4.74 Å². The van der Waals surface area contributed by atoms with Gasteiger partial charge in [-0.1, -0.05) is 0 Å². The molecule has 1 rings (SSSR count). The van der Waals surface area contributed by atoms with E-state index >= 15 is 0 Å². The highest BCUT2D eigenvalue weighted by Gasteiger charge is 2.02. The van der Waals surface area contributed by atoms with Crippen molar-refractivity contribution in [1.29, 1.82) is 0 Å². The molecule has 0 spiro atoms. The van der Waals surface area contributed by atoms with Gasteiger partial charge in [0.1, 0.15) is 11.6 Å². The van der Waals surface area contributed by atoms with Crippen molar-refractivity contribution in [3.05, 3.63) is 35.4 Å². The SMILES string of the molecule is CCOCc1cc(F)ccc1F. The van der Waals surface area contributed by atoms with Crippen LogP contribution in [0.5, 0.6) is 0 Å². The molecular formula is C9H10F2O. The van der Waals surface area contributed by atoms with Crippen molar-refractivity contribution in [1.82, 2.24) is 0 Å². The highest BCUT2D eigenvalue weighted by atomic mass is 19.1. The van der Waals surface area contributed by atoms with Crippen LogP contribution in [0.15, 0.2) is 18.2 Å². The molecule has 0 heterocycles. The van der Waals surface area contributed by atoms with Crippen molar-refractivity contribution >= 4 is 0 Å². The summed E-state index contributed by atoms with van der Waals surface area (Å²) in [6, 6.07) is 3.33. The van der Waals surface area contributed by atoms with Gasteiger partial charge < -0.3 is 4.74 Å². The molecule has 1 aromatic carbocycles. The molecule has 0 bridgehead atoms. The third-order valence-corrected chi connectivity index (χ3v) is 1.47. The van der Waals surface area contributed by atoms with Crippen molar-refractivity contribution in [3.8, 4) is 0 Å². The van der Waals surface area contributed by atoms with Crippen LogP contribution in [0.2, 0.25) is 0 Å². The van der Waals surface area contributed by atoms with E-state index in [2.05, 4.69) is 0 Å². The molecule has 0 unspecified atom stereocenters. The minimum Gasteiger partial charge on any atom is -0.377 e. The van der Waals surface area contributed by atoms with Crippen LogP contribution in [0, 0.1) is 11.6 Å². The summed E-state index contributed by atoms with van der Waals surface area (Å²) >= 11 is 0. The normalized spacial score (nSPS) is 10.2. The predicted octanol–water partition coefficient (Wildman–Crippen LogP) is 2.50. The number of benzene rings is 1. The average Bonchev–Trinajstić information content (AvgIpc) is 2.07. The molecule has 1 aromatic rings. The summed E-state index contributed by atoms with van der Waals surface area (Å²) in [4.78, 5) is 0. The quantitative estimate of drug-likeness (QED) is 0.680. The second-order valence-corrected chi connectivity index (χ2v) is 2.37. The van der Waals surface area contributed by atoms with Gasteiger partial charge in [-0.2, -0.15) is 0 Å². The summed E-state index contributed by atoms with van der Waals surface area (Å²) in [6.45, 7) is 2.42. The zero-order chi connectivity index (χ0) is 8.97. The lowest BCUT2D eigenvalue weighted by molar-refractivity contribution is 0.131. The summed E-state index contributed by atoms with van der Waals surface area (Å²) in [5.74, 6) is -0.865. The van der Waals surface area contributed by atoms with E-state index in [0.717, 1.165) is 18.2 Å². The van der Waals surface area contributed by atoms with Gasteiger partial charge in [0.15, 0.2) is 0 Å². The molecule has 0 aliphatic rings. The van der Waals surface area contributed by atoms with Gasteiger partial charge in [0.2, 0.25) is 0 Å². The largest absolute Gasteiger partial charge is 0.377 e. The van der Waals surface area contributed by atoms with Gasteiger partial charge in [0, 0.05) is 12.2 Å². The van der Waals surface area contributed by atoms with E-state index in [0.29, 0.717) is 6.61 Å². The second-order valence-electron chi connectivity index (χ2n) is 2.37. The zero-order valence-electron chi connectivity index (χ0n) is 6.81. The molecule has 1 nitrogen and oxygen atoms in total. The molecule has 3 heteroatoms. The molecule has 0 radical (unpaired) electrons. The van der Waals surface area contributed by atoms with Crippen LogP contribution < -0.4 is 0 Å². The first-order chi connectivity index (χ1) is 5.74. The smallest absolute Gasteiger partial charge is 0.128 e. The van der Waals surface area contributed by atoms with Gasteiger partial charge in [0.25, 0.3) is 0 Å². The highest BCUT2D eigenvalue weighted by Crippen LogP contribution is 2.10. The van der Waals surface area contributed by atoms with Gasteiger partial charge in [0.05, 0.1) is 6.61 Å². The molecule has 0 aliphatic heterocycles. The third-order valence-electron chi connectivity index (χ3n) is 1.47. The van der Waals surface area contributed by atoms with Gasteiger partial charge in [-0.3, -0.25) is 0 Å². The maximum absolute atomic E-state index is 12.8. The van der Waals surface area contributed by atoms with Crippen molar-refractivity contribution in [3.63, 3.8) is 0 Å². The standard InChI is InChI=1S/C9H10F2O/c1-2-12-6-7-5-8(10)3-4-9(7)11/h3-5H,2,6H2,1H3. The summed E-state index contributed by atoms with van der Waals surface area (Å²) in [5, 5.41) is 0. The van der Waals surface area contributed by atoms with Crippen molar-refractivity contribution in [2.24, 2.45) is 0 Å². The lowest BCUT2D eigenvalue weighted by Crippen LogP contribution is -1.96. The van der Waals surface area contributed by atoms with Gasteiger partial charge >= 0.3 is 0 Å². The van der Waals surface area contributed by atoms with E-state index in [1.54, 1.807) is 6.92 Å². The molecule has 0 N–H and O–H groups in total. The summed E-state index contributed by atoms with van der Waals surface area (Å²) < 4.78 is 30.3. The van der Waals surface area contributed by atoms with E-state index in [1.807, 2.05) is 0 Å². The molecule has 12 heavy (non-hydrogen) atoms. The van der Waals surface area contributed by atoms with Crippen molar-refractivity contribution in [2.45, 2.75) is 13.5 Å². The molecule has 0 aromatic heterocycles. The lowest BCUT2D eigenvalue weighted by Gasteiger charge is -2.02. The molecule has 0 fully saturated rings. The van der Waals surface area contributed by atoms with Crippen LogP contribution in [-0.2, 0) is 11.3 Å². The Morgan fingerprint density at radius 2 is 2.08 bits per heavy atom. The Morgan fingerprint density at radius 3 is 2.75 bits per heavy atom. The van der Waals surface area contributed by atoms with Crippen molar-refractivity contribution < 1.29 is 13.5 Å². The molecule has 66 valence electrons. The third kappa shape index (κ3) is 2.27. The number of hydrogen-bond acceptors (Lipinski definition) is 1. The predicted molar refractivity (Wildman–Crippen MR) is 41.7 cm³/mol. The fourth-order valence-electron chi connectivity index (χ4n) is 0.866. The van der Waals surface area contributed by atoms with E-state index in [1.165, 1.54) is 0 Å². The monoisotopic (exact) mass is 172 g/mol. The molecule has 0 saturated carbocycles. The van der Waals surface area contributed by atoms with Gasteiger partial charge in [-0.15, -0.1) is 0 Å². The fraction of sp³-hybridized carbons (Fsp3) is 0.333. The molecule has 0 saturated heterocycles.